The Labute approximate surface area is 107 Å². The van der Waals surface area contributed by atoms with E-state index < -0.39 is 10.7 Å². The van der Waals surface area contributed by atoms with Gasteiger partial charge in [0.25, 0.3) is 0 Å². The van der Waals surface area contributed by atoms with Gasteiger partial charge in [0.2, 0.25) is 5.15 Å². The number of rotatable bonds is 2. The summed E-state index contributed by atoms with van der Waals surface area (Å²) in [4.78, 5) is 14.1. The van der Waals surface area contributed by atoms with Crippen molar-refractivity contribution in [3.63, 3.8) is 0 Å². The maximum atomic E-state index is 13.1. The fourth-order valence-corrected chi connectivity index (χ4v) is 1.98. The smallest absolute Gasteiger partial charge is 0.258 e. The van der Waals surface area contributed by atoms with E-state index in [1.165, 1.54) is 24.4 Å². The van der Waals surface area contributed by atoms with Crippen LogP contribution in [0.25, 0.3) is 11.1 Å². The number of hydrogen-bond donors (Lipinski definition) is 0. The molecule has 0 aliphatic rings. The molecule has 18 heavy (non-hydrogen) atoms. The van der Waals surface area contributed by atoms with Gasteiger partial charge in [-0.2, -0.15) is 0 Å². The third-order valence-electron chi connectivity index (χ3n) is 2.58. The summed E-state index contributed by atoms with van der Waals surface area (Å²) in [7, 11) is 0. The Morgan fingerprint density at radius 1 is 1.44 bits per heavy atom. The minimum Gasteiger partial charge on any atom is -0.258 e. The van der Waals surface area contributed by atoms with Crippen LogP contribution in [-0.4, -0.2) is 9.91 Å². The van der Waals surface area contributed by atoms with Crippen molar-refractivity contribution in [3.8, 4) is 11.1 Å². The highest BCUT2D eigenvalue weighted by atomic mass is 35.5. The van der Waals surface area contributed by atoms with Crippen LogP contribution in [0, 0.1) is 22.9 Å². The van der Waals surface area contributed by atoms with Gasteiger partial charge in [0.15, 0.2) is 0 Å². The SMILES string of the molecule is Cc1c(-c2cccc(F)c2)cnc(Cl)c1[N+](=O)[O-]. The first-order chi connectivity index (χ1) is 8.50. The first kappa shape index (κ1) is 12.4. The Hall–Kier alpha value is -2.01. The molecule has 0 saturated heterocycles. The predicted octanol–water partition coefficient (Wildman–Crippen LogP) is 3.76. The van der Waals surface area contributed by atoms with Gasteiger partial charge in [-0.3, -0.25) is 10.1 Å². The van der Waals surface area contributed by atoms with Crippen LogP contribution in [0.3, 0.4) is 0 Å². The Bertz CT molecular complexity index is 631. The van der Waals surface area contributed by atoms with Crippen LogP contribution in [0.5, 0.6) is 0 Å². The lowest BCUT2D eigenvalue weighted by Gasteiger charge is -2.07. The van der Waals surface area contributed by atoms with Crippen molar-refractivity contribution >= 4 is 17.3 Å². The number of aromatic nitrogens is 1. The molecule has 4 nitrogen and oxygen atoms in total. The highest BCUT2D eigenvalue weighted by Gasteiger charge is 2.21. The summed E-state index contributed by atoms with van der Waals surface area (Å²) < 4.78 is 13.1. The van der Waals surface area contributed by atoms with Crippen molar-refractivity contribution in [1.29, 1.82) is 0 Å². The van der Waals surface area contributed by atoms with Crippen LogP contribution in [0.1, 0.15) is 5.56 Å². The maximum Gasteiger partial charge on any atom is 0.309 e. The molecule has 0 saturated carbocycles. The van der Waals surface area contributed by atoms with E-state index in [1.807, 2.05) is 0 Å². The molecule has 0 amide bonds. The summed E-state index contributed by atoms with van der Waals surface area (Å²) in [5.74, 6) is -0.412. The zero-order chi connectivity index (χ0) is 13.3. The Kier molecular flexibility index (Phi) is 3.25. The van der Waals surface area contributed by atoms with Crippen molar-refractivity contribution in [3.05, 3.63) is 57.1 Å². The molecule has 1 aromatic heterocycles. The Morgan fingerprint density at radius 3 is 2.78 bits per heavy atom. The third kappa shape index (κ3) is 2.17. The van der Waals surface area contributed by atoms with Crippen molar-refractivity contribution in [2.45, 2.75) is 6.92 Å². The van der Waals surface area contributed by atoms with E-state index in [-0.39, 0.29) is 10.8 Å². The fraction of sp³-hybridized carbons (Fsp3) is 0.0833. The van der Waals surface area contributed by atoms with Gasteiger partial charge in [0.1, 0.15) is 5.82 Å². The van der Waals surface area contributed by atoms with Gasteiger partial charge in [-0.25, -0.2) is 9.37 Å². The lowest BCUT2D eigenvalue weighted by molar-refractivity contribution is -0.385. The van der Waals surface area contributed by atoms with Crippen LogP contribution in [0.15, 0.2) is 30.5 Å². The van der Waals surface area contributed by atoms with Crippen LogP contribution in [0.4, 0.5) is 10.1 Å². The van der Waals surface area contributed by atoms with E-state index in [1.54, 1.807) is 13.0 Å². The number of halogens is 2. The van der Waals surface area contributed by atoms with Crippen molar-refractivity contribution in [2.24, 2.45) is 0 Å². The van der Waals surface area contributed by atoms with Gasteiger partial charge < -0.3 is 0 Å². The molecule has 0 unspecified atom stereocenters. The molecular formula is C12H8ClFN2O2. The molecule has 0 aliphatic carbocycles. The zero-order valence-electron chi connectivity index (χ0n) is 9.35. The van der Waals surface area contributed by atoms with Gasteiger partial charge in [0, 0.05) is 17.3 Å². The van der Waals surface area contributed by atoms with Gasteiger partial charge in [0.05, 0.1) is 4.92 Å². The van der Waals surface area contributed by atoms with Crippen molar-refractivity contribution < 1.29 is 9.31 Å². The summed E-state index contributed by atoms with van der Waals surface area (Å²) in [5.41, 5.74) is 1.13. The highest BCUT2D eigenvalue weighted by Crippen LogP contribution is 2.33. The average molecular weight is 267 g/mol. The zero-order valence-corrected chi connectivity index (χ0v) is 10.1. The summed E-state index contributed by atoms with van der Waals surface area (Å²) in [6.07, 6.45) is 1.40. The monoisotopic (exact) mass is 266 g/mol. The fourth-order valence-electron chi connectivity index (χ4n) is 1.72. The van der Waals surface area contributed by atoms with E-state index >= 15 is 0 Å². The lowest BCUT2D eigenvalue weighted by atomic mass is 10.0. The average Bonchev–Trinajstić information content (AvgIpc) is 2.28. The molecule has 0 aliphatic heterocycles. The number of pyridine rings is 1. The van der Waals surface area contributed by atoms with Gasteiger partial charge in [-0.05, 0) is 24.6 Å². The first-order valence-electron chi connectivity index (χ1n) is 5.06. The van der Waals surface area contributed by atoms with E-state index in [0.29, 0.717) is 16.7 Å². The number of nitro groups is 1. The van der Waals surface area contributed by atoms with Gasteiger partial charge in [-0.15, -0.1) is 0 Å². The predicted molar refractivity (Wildman–Crippen MR) is 66.0 cm³/mol. The van der Waals surface area contributed by atoms with E-state index in [9.17, 15) is 14.5 Å². The number of hydrogen-bond acceptors (Lipinski definition) is 3. The Balaban J connectivity index is 2.67. The van der Waals surface area contributed by atoms with Crippen molar-refractivity contribution in [1.82, 2.24) is 4.98 Å². The molecule has 6 heteroatoms. The second-order valence-corrected chi connectivity index (χ2v) is 4.06. The molecule has 0 bridgehead atoms. The Morgan fingerprint density at radius 2 is 2.17 bits per heavy atom. The summed E-state index contributed by atoms with van der Waals surface area (Å²) in [5, 5.41) is 10.7. The van der Waals surface area contributed by atoms with Crippen molar-refractivity contribution in [2.75, 3.05) is 0 Å². The van der Waals surface area contributed by atoms with E-state index in [4.69, 9.17) is 11.6 Å². The first-order valence-corrected chi connectivity index (χ1v) is 5.44. The standard InChI is InChI=1S/C12H8ClFN2O2/c1-7-10(8-3-2-4-9(14)5-8)6-15-12(13)11(7)16(17)18/h2-6H,1H3. The molecule has 0 atom stereocenters. The van der Waals surface area contributed by atoms with E-state index in [0.717, 1.165) is 0 Å². The highest BCUT2D eigenvalue weighted by molar-refractivity contribution is 6.31. The number of benzene rings is 1. The minimum atomic E-state index is -0.590. The van der Waals surface area contributed by atoms with Crippen LogP contribution in [-0.2, 0) is 0 Å². The van der Waals surface area contributed by atoms with Crippen LogP contribution < -0.4 is 0 Å². The van der Waals surface area contributed by atoms with E-state index in [2.05, 4.69) is 4.98 Å². The molecule has 0 radical (unpaired) electrons. The molecule has 1 aromatic carbocycles. The lowest BCUT2D eigenvalue weighted by Crippen LogP contribution is -1.97. The maximum absolute atomic E-state index is 13.1. The molecule has 92 valence electrons. The molecular weight excluding hydrogens is 259 g/mol. The largest absolute Gasteiger partial charge is 0.309 e. The molecule has 0 spiro atoms. The van der Waals surface area contributed by atoms with Gasteiger partial charge >= 0.3 is 5.69 Å². The topological polar surface area (TPSA) is 56.0 Å². The second kappa shape index (κ2) is 4.70. The van der Waals surface area contributed by atoms with Crippen LogP contribution >= 0.6 is 11.6 Å². The molecule has 2 aromatic rings. The second-order valence-electron chi connectivity index (χ2n) is 3.70. The molecule has 0 fully saturated rings. The quantitative estimate of drug-likeness (QED) is 0.472. The normalized spacial score (nSPS) is 10.4. The molecule has 2 rings (SSSR count). The number of nitrogens with zero attached hydrogens (tertiary/aromatic N) is 2. The minimum absolute atomic E-state index is 0.169. The van der Waals surface area contributed by atoms with Gasteiger partial charge in [-0.1, -0.05) is 23.7 Å². The summed E-state index contributed by atoms with van der Waals surface area (Å²) in [6.45, 7) is 1.56. The summed E-state index contributed by atoms with van der Waals surface area (Å²) >= 11 is 5.69. The molecule has 0 N–H and O–H groups in total. The summed E-state index contributed by atoms with van der Waals surface area (Å²) in [6, 6.07) is 5.79. The molecule has 1 heterocycles. The third-order valence-corrected chi connectivity index (χ3v) is 2.86. The van der Waals surface area contributed by atoms with Crippen LogP contribution in [0.2, 0.25) is 5.15 Å².